The first-order valence-corrected chi connectivity index (χ1v) is 3.79. The molecule has 0 unspecified atom stereocenters. The van der Waals surface area contributed by atoms with E-state index in [9.17, 15) is 0 Å². The van der Waals surface area contributed by atoms with Crippen molar-refractivity contribution in [3.63, 3.8) is 0 Å². The van der Waals surface area contributed by atoms with E-state index >= 15 is 0 Å². The third kappa shape index (κ3) is 1.51. The van der Waals surface area contributed by atoms with Crippen molar-refractivity contribution in [3.8, 4) is 17.6 Å². The fourth-order valence-electron chi connectivity index (χ4n) is 0.933. The Morgan fingerprint density at radius 2 is 2.07 bits per heavy atom. The second-order valence-electron chi connectivity index (χ2n) is 2.39. The van der Waals surface area contributed by atoms with Crippen molar-refractivity contribution in [1.82, 2.24) is 15.2 Å². The van der Waals surface area contributed by atoms with E-state index in [1.54, 1.807) is 30.7 Å². The molecule has 0 aliphatic carbocycles. The Morgan fingerprint density at radius 3 is 2.79 bits per heavy atom. The number of anilines is 1. The van der Waals surface area contributed by atoms with E-state index in [1.807, 2.05) is 0 Å². The summed E-state index contributed by atoms with van der Waals surface area (Å²) >= 11 is 0. The van der Waals surface area contributed by atoms with Crippen LogP contribution in [-0.4, -0.2) is 15.2 Å². The maximum Gasteiger partial charge on any atom is 0.329 e. The zero-order valence-corrected chi connectivity index (χ0v) is 7.01. The Morgan fingerprint density at radius 1 is 1.29 bits per heavy atom. The first-order chi connectivity index (χ1) is 6.90. The van der Waals surface area contributed by atoms with Crippen LogP contribution in [0.4, 0.5) is 6.01 Å². The van der Waals surface area contributed by atoms with E-state index in [0.29, 0.717) is 5.89 Å². The Labute approximate surface area is 79.2 Å². The molecule has 0 bridgehead atoms. The molecule has 6 nitrogen and oxygen atoms in total. The molecular weight excluding hydrogens is 182 g/mol. The molecule has 0 spiro atoms. The van der Waals surface area contributed by atoms with Crippen molar-refractivity contribution in [3.05, 3.63) is 24.5 Å². The van der Waals surface area contributed by atoms with Crippen molar-refractivity contribution in [2.45, 2.75) is 0 Å². The molecule has 0 aromatic carbocycles. The monoisotopic (exact) mass is 187 g/mol. The summed E-state index contributed by atoms with van der Waals surface area (Å²) in [5.74, 6) is 0.352. The second kappa shape index (κ2) is 3.53. The predicted octanol–water partition coefficient (Wildman–Crippen LogP) is 1.02. The summed E-state index contributed by atoms with van der Waals surface area (Å²) in [7, 11) is 0. The summed E-state index contributed by atoms with van der Waals surface area (Å²) in [5.41, 5.74) is 0.762. The fourth-order valence-corrected chi connectivity index (χ4v) is 0.933. The largest absolute Gasteiger partial charge is 0.403 e. The lowest BCUT2D eigenvalue weighted by Gasteiger charge is -1.90. The van der Waals surface area contributed by atoms with Crippen LogP contribution in [0.25, 0.3) is 11.5 Å². The van der Waals surface area contributed by atoms with Crippen LogP contribution in [0, 0.1) is 11.5 Å². The lowest BCUT2D eigenvalue weighted by Crippen LogP contribution is -1.85. The number of rotatable bonds is 2. The Kier molecular flexibility index (Phi) is 2.07. The third-order valence-corrected chi connectivity index (χ3v) is 1.52. The van der Waals surface area contributed by atoms with Gasteiger partial charge in [0.25, 0.3) is 0 Å². The Balaban J connectivity index is 2.31. The molecule has 68 valence electrons. The molecule has 0 atom stereocenters. The Bertz CT molecular complexity index is 458. The number of aromatic nitrogens is 3. The van der Waals surface area contributed by atoms with Crippen molar-refractivity contribution >= 4 is 6.01 Å². The average molecular weight is 187 g/mol. The predicted molar refractivity (Wildman–Crippen MR) is 46.8 cm³/mol. The molecule has 0 fully saturated rings. The number of hydrogen-bond donors (Lipinski definition) is 1. The fraction of sp³-hybridized carbons (Fsp3) is 0. The lowest BCUT2D eigenvalue weighted by molar-refractivity contribution is 0.587. The molecule has 0 saturated heterocycles. The highest BCUT2D eigenvalue weighted by Gasteiger charge is 2.06. The van der Waals surface area contributed by atoms with Gasteiger partial charge in [0.05, 0.1) is 0 Å². The van der Waals surface area contributed by atoms with Crippen LogP contribution in [0.15, 0.2) is 28.9 Å². The SMILES string of the molecule is N#CNc1nnc(-c2ccncc2)o1. The second-order valence-corrected chi connectivity index (χ2v) is 2.39. The van der Waals surface area contributed by atoms with Crippen LogP contribution in [-0.2, 0) is 0 Å². The van der Waals surface area contributed by atoms with Crippen molar-refractivity contribution < 1.29 is 4.42 Å². The first kappa shape index (κ1) is 8.19. The van der Waals surface area contributed by atoms with Gasteiger partial charge in [-0.2, -0.15) is 5.26 Å². The van der Waals surface area contributed by atoms with E-state index in [0.717, 1.165) is 5.56 Å². The zero-order chi connectivity index (χ0) is 9.80. The van der Waals surface area contributed by atoms with Gasteiger partial charge in [0, 0.05) is 18.0 Å². The summed E-state index contributed by atoms with van der Waals surface area (Å²) in [6.07, 6.45) is 4.93. The number of hydrogen-bond acceptors (Lipinski definition) is 6. The molecule has 0 aliphatic heterocycles. The number of nitrogens with one attached hydrogen (secondary N) is 1. The van der Waals surface area contributed by atoms with Crippen LogP contribution in [0.5, 0.6) is 0 Å². The topological polar surface area (TPSA) is 87.6 Å². The number of nitrogens with zero attached hydrogens (tertiary/aromatic N) is 4. The third-order valence-electron chi connectivity index (χ3n) is 1.52. The van der Waals surface area contributed by atoms with Crippen LogP contribution in [0.3, 0.4) is 0 Å². The molecule has 2 heterocycles. The minimum Gasteiger partial charge on any atom is -0.403 e. The van der Waals surface area contributed by atoms with Gasteiger partial charge in [-0.3, -0.25) is 4.98 Å². The maximum absolute atomic E-state index is 8.30. The minimum absolute atomic E-state index is 0.0827. The number of pyridine rings is 1. The summed E-state index contributed by atoms with van der Waals surface area (Å²) < 4.78 is 5.13. The molecule has 2 aromatic rings. The summed E-state index contributed by atoms with van der Waals surface area (Å²) in [6.45, 7) is 0. The normalized spacial score (nSPS) is 9.36. The summed E-state index contributed by atoms with van der Waals surface area (Å²) in [6, 6.07) is 3.56. The van der Waals surface area contributed by atoms with Crippen LogP contribution in [0.2, 0.25) is 0 Å². The zero-order valence-electron chi connectivity index (χ0n) is 7.01. The van der Waals surface area contributed by atoms with Gasteiger partial charge in [0.2, 0.25) is 5.89 Å². The standard InChI is InChI=1S/C8H5N5O/c9-5-11-8-13-12-7(14-8)6-1-3-10-4-2-6/h1-4H,(H,11,13). The lowest BCUT2D eigenvalue weighted by atomic mass is 10.3. The molecule has 0 saturated carbocycles. The van der Waals surface area contributed by atoms with Gasteiger partial charge in [-0.15, -0.1) is 5.10 Å². The van der Waals surface area contributed by atoms with Gasteiger partial charge >= 0.3 is 6.01 Å². The van der Waals surface area contributed by atoms with E-state index in [4.69, 9.17) is 9.68 Å². The molecular formula is C8H5N5O. The highest BCUT2D eigenvalue weighted by molar-refractivity contribution is 5.52. The van der Waals surface area contributed by atoms with Gasteiger partial charge in [0.1, 0.15) is 0 Å². The smallest absolute Gasteiger partial charge is 0.329 e. The molecule has 0 amide bonds. The summed E-state index contributed by atoms with van der Waals surface area (Å²) in [5, 5.41) is 17.9. The van der Waals surface area contributed by atoms with Crippen molar-refractivity contribution in [1.29, 1.82) is 5.26 Å². The molecule has 2 aromatic heterocycles. The maximum atomic E-state index is 8.30. The first-order valence-electron chi connectivity index (χ1n) is 3.79. The van der Waals surface area contributed by atoms with E-state index < -0.39 is 0 Å². The highest BCUT2D eigenvalue weighted by Crippen LogP contribution is 2.17. The van der Waals surface area contributed by atoms with Gasteiger partial charge in [-0.05, 0) is 12.1 Å². The Hall–Kier alpha value is -2.42. The van der Waals surface area contributed by atoms with Gasteiger partial charge in [-0.25, -0.2) is 5.32 Å². The van der Waals surface area contributed by atoms with E-state index in [-0.39, 0.29) is 6.01 Å². The molecule has 2 rings (SSSR count). The van der Waals surface area contributed by atoms with Crippen LogP contribution in [0.1, 0.15) is 0 Å². The van der Waals surface area contributed by atoms with Crippen LogP contribution < -0.4 is 5.32 Å². The van der Waals surface area contributed by atoms with Crippen molar-refractivity contribution in [2.24, 2.45) is 0 Å². The molecule has 14 heavy (non-hydrogen) atoms. The van der Waals surface area contributed by atoms with Gasteiger partial charge in [-0.1, -0.05) is 5.10 Å². The minimum atomic E-state index is 0.0827. The molecule has 0 aliphatic rings. The van der Waals surface area contributed by atoms with Gasteiger partial charge in [0.15, 0.2) is 6.19 Å². The highest BCUT2D eigenvalue weighted by atomic mass is 16.4. The van der Waals surface area contributed by atoms with Crippen molar-refractivity contribution in [2.75, 3.05) is 5.32 Å². The quantitative estimate of drug-likeness (QED) is 0.557. The van der Waals surface area contributed by atoms with E-state index in [2.05, 4.69) is 20.5 Å². The van der Waals surface area contributed by atoms with Crippen LogP contribution >= 0.6 is 0 Å². The molecule has 0 radical (unpaired) electrons. The summed E-state index contributed by atoms with van der Waals surface area (Å²) in [4.78, 5) is 3.86. The van der Waals surface area contributed by atoms with Gasteiger partial charge < -0.3 is 4.42 Å². The average Bonchev–Trinajstić information content (AvgIpc) is 2.68. The van der Waals surface area contributed by atoms with E-state index in [1.165, 1.54) is 0 Å². The molecule has 1 N–H and O–H groups in total. The molecule has 6 heteroatoms. The number of nitriles is 1.